The lowest BCUT2D eigenvalue weighted by Gasteiger charge is -2.17. The van der Waals surface area contributed by atoms with E-state index in [2.05, 4.69) is 39.5 Å². The van der Waals surface area contributed by atoms with Gasteiger partial charge in [0, 0.05) is 38.6 Å². The van der Waals surface area contributed by atoms with Crippen LogP contribution in [0.3, 0.4) is 0 Å². The van der Waals surface area contributed by atoms with Gasteiger partial charge < -0.3 is 9.47 Å². The minimum absolute atomic E-state index is 0.910. The van der Waals surface area contributed by atoms with Crippen molar-refractivity contribution in [2.75, 3.05) is 13.6 Å². The van der Waals surface area contributed by atoms with Crippen molar-refractivity contribution in [1.82, 2.24) is 19.4 Å². The Hall–Kier alpha value is -1.68. The third-order valence-electron chi connectivity index (χ3n) is 3.40. The molecule has 0 bridgehead atoms. The van der Waals surface area contributed by atoms with Crippen molar-refractivity contribution in [2.45, 2.75) is 26.3 Å². The van der Waals surface area contributed by atoms with Gasteiger partial charge in [-0.05, 0) is 38.6 Å². The van der Waals surface area contributed by atoms with Crippen molar-refractivity contribution >= 4 is 0 Å². The van der Waals surface area contributed by atoms with Crippen LogP contribution in [0.5, 0.6) is 0 Å². The van der Waals surface area contributed by atoms with Gasteiger partial charge >= 0.3 is 0 Å². The molecular weight excluding hydrogens is 236 g/mol. The van der Waals surface area contributed by atoms with Gasteiger partial charge in [-0.2, -0.15) is 0 Å². The predicted molar refractivity (Wildman–Crippen MR) is 76.8 cm³/mol. The van der Waals surface area contributed by atoms with Crippen LogP contribution in [0.2, 0.25) is 0 Å². The Balaban J connectivity index is 1.78. The fourth-order valence-corrected chi connectivity index (χ4v) is 2.16. The minimum Gasteiger partial charge on any atom is -0.338 e. The van der Waals surface area contributed by atoms with Gasteiger partial charge in [-0.25, -0.2) is 4.98 Å². The van der Waals surface area contributed by atoms with Gasteiger partial charge in [0.25, 0.3) is 0 Å². The first-order valence-electron chi connectivity index (χ1n) is 6.72. The zero-order valence-corrected chi connectivity index (χ0v) is 12.0. The molecule has 0 aliphatic rings. The van der Waals surface area contributed by atoms with Gasteiger partial charge in [-0.3, -0.25) is 4.98 Å². The van der Waals surface area contributed by atoms with Crippen LogP contribution in [0, 0.1) is 6.92 Å². The molecule has 0 spiro atoms. The first kappa shape index (κ1) is 13.7. The highest BCUT2D eigenvalue weighted by molar-refractivity contribution is 5.17. The zero-order chi connectivity index (χ0) is 13.7. The summed E-state index contributed by atoms with van der Waals surface area (Å²) in [5.41, 5.74) is 2.43. The molecule has 2 aromatic heterocycles. The summed E-state index contributed by atoms with van der Waals surface area (Å²) in [6.45, 7) is 4.08. The van der Waals surface area contributed by atoms with E-state index in [1.165, 1.54) is 11.3 Å². The molecule has 102 valence electrons. The zero-order valence-electron chi connectivity index (χ0n) is 12.0. The molecular formula is C15H22N4. The van der Waals surface area contributed by atoms with E-state index < -0.39 is 0 Å². The highest BCUT2D eigenvalue weighted by atomic mass is 15.1. The third kappa shape index (κ3) is 3.89. The first-order valence-corrected chi connectivity index (χ1v) is 6.72. The van der Waals surface area contributed by atoms with E-state index in [4.69, 9.17) is 0 Å². The predicted octanol–water partition coefficient (Wildman–Crippen LogP) is 2.19. The summed E-state index contributed by atoms with van der Waals surface area (Å²) in [5, 5.41) is 0. The maximum Gasteiger partial charge on any atom is 0.108 e. The summed E-state index contributed by atoms with van der Waals surface area (Å²) < 4.78 is 2.09. The number of hydrogen-bond acceptors (Lipinski definition) is 3. The molecule has 0 aliphatic heterocycles. The van der Waals surface area contributed by atoms with Crippen molar-refractivity contribution < 1.29 is 0 Å². The Labute approximate surface area is 115 Å². The van der Waals surface area contributed by atoms with E-state index in [-0.39, 0.29) is 0 Å². The van der Waals surface area contributed by atoms with Gasteiger partial charge in [0.05, 0.1) is 5.69 Å². The first-order chi connectivity index (χ1) is 9.16. The van der Waals surface area contributed by atoms with E-state index in [0.29, 0.717) is 0 Å². The van der Waals surface area contributed by atoms with Crippen LogP contribution in [0.1, 0.15) is 23.5 Å². The topological polar surface area (TPSA) is 34.0 Å². The summed E-state index contributed by atoms with van der Waals surface area (Å²) in [6.07, 6.45) is 7.86. The largest absolute Gasteiger partial charge is 0.338 e. The quantitative estimate of drug-likeness (QED) is 0.796. The maximum atomic E-state index is 4.43. The molecule has 4 nitrogen and oxygen atoms in total. The van der Waals surface area contributed by atoms with E-state index in [9.17, 15) is 0 Å². The van der Waals surface area contributed by atoms with Crippen molar-refractivity contribution in [3.8, 4) is 0 Å². The van der Waals surface area contributed by atoms with E-state index in [1.807, 2.05) is 31.7 Å². The average Bonchev–Trinajstić information content (AvgIpc) is 2.78. The molecule has 0 radical (unpaired) electrons. The lowest BCUT2D eigenvalue weighted by Crippen LogP contribution is -2.21. The van der Waals surface area contributed by atoms with Crippen LogP contribution in [0.15, 0.2) is 30.7 Å². The summed E-state index contributed by atoms with van der Waals surface area (Å²) in [5.74, 6) is 1.16. The number of hydrogen-bond donors (Lipinski definition) is 0. The summed E-state index contributed by atoms with van der Waals surface area (Å²) in [4.78, 5) is 11.1. The molecule has 0 amide bonds. The number of rotatable bonds is 6. The second-order valence-corrected chi connectivity index (χ2v) is 5.06. The van der Waals surface area contributed by atoms with Crippen LogP contribution in [0.25, 0.3) is 0 Å². The average molecular weight is 258 g/mol. The summed E-state index contributed by atoms with van der Waals surface area (Å²) in [6, 6.07) is 4.10. The SMILES string of the molecule is Cc1cccnc1CN(C)CCCc1nccn1C. The molecule has 0 aromatic carbocycles. The molecule has 0 saturated heterocycles. The van der Waals surface area contributed by atoms with Crippen LogP contribution in [-0.2, 0) is 20.0 Å². The van der Waals surface area contributed by atoms with Crippen LogP contribution in [-0.4, -0.2) is 33.0 Å². The normalized spacial score (nSPS) is 11.2. The molecule has 0 aliphatic carbocycles. The molecule has 4 heteroatoms. The summed E-state index contributed by atoms with van der Waals surface area (Å²) >= 11 is 0. The number of pyridine rings is 1. The van der Waals surface area contributed by atoms with Crippen LogP contribution in [0.4, 0.5) is 0 Å². The number of aromatic nitrogens is 3. The molecule has 2 aromatic rings. The molecule has 0 fully saturated rings. The Bertz CT molecular complexity index is 518. The van der Waals surface area contributed by atoms with Gasteiger partial charge in [0.2, 0.25) is 0 Å². The highest BCUT2D eigenvalue weighted by Crippen LogP contribution is 2.07. The molecule has 0 unspecified atom stereocenters. The monoisotopic (exact) mass is 258 g/mol. The summed E-state index contributed by atoms with van der Waals surface area (Å²) in [7, 11) is 4.19. The van der Waals surface area contributed by atoms with E-state index >= 15 is 0 Å². The lowest BCUT2D eigenvalue weighted by atomic mass is 10.2. The maximum absolute atomic E-state index is 4.43. The standard InChI is InChI=1S/C15H22N4/c1-13-6-4-8-16-14(13)12-18(2)10-5-7-15-17-9-11-19(15)3/h4,6,8-9,11H,5,7,10,12H2,1-3H3. The Morgan fingerprint density at radius 3 is 2.79 bits per heavy atom. The van der Waals surface area contributed by atoms with Gasteiger partial charge in [0.15, 0.2) is 0 Å². The molecule has 0 atom stereocenters. The van der Waals surface area contributed by atoms with Crippen LogP contribution >= 0.6 is 0 Å². The fraction of sp³-hybridized carbons (Fsp3) is 0.467. The molecule has 0 N–H and O–H groups in total. The molecule has 2 heterocycles. The Kier molecular flexibility index (Phi) is 4.68. The van der Waals surface area contributed by atoms with Crippen molar-refractivity contribution in [2.24, 2.45) is 7.05 Å². The van der Waals surface area contributed by atoms with Gasteiger partial charge in [-0.15, -0.1) is 0 Å². The van der Waals surface area contributed by atoms with Crippen LogP contribution < -0.4 is 0 Å². The van der Waals surface area contributed by atoms with E-state index in [1.54, 1.807) is 0 Å². The minimum atomic E-state index is 0.910. The number of imidazole rings is 1. The molecule has 19 heavy (non-hydrogen) atoms. The Morgan fingerprint density at radius 1 is 1.26 bits per heavy atom. The number of aryl methyl sites for hydroxylation is 3. The van der Waals surface area contributed by atoms with Crippen molar-refractivity contribution in [1.29, 1.82) is 0 Å². The fourth-order valence-electron chi connectivity index (χ4n) is 2.16. The van der Waals surface area contributed by atoms with Crippen molar-refractivity contribution in [3.63, 3.8) is 0 Å². The number of nitrogens with zero attached hydrogens (tertiary/aromatic N) is 4. The smallest absolute Gasteiger partial charge is 0.108 e. The third-order valence-corrected chi connectivity index (χ3v) is 3.40. The van der Waals surface area contributed by atoms with Crippen molar-refractivity contribution in [3.05, 3.63) is 47.8 Å². The van der Waals surface area contributed by atoms with Gasteiger partial charge in [0.1, 0.15) is 5.82 Å². The second-order valence-electron chi connectivity index (χ2n) is 5.06. The molecule has 2 rings (SSSR count). The second kappa shape index (κ2) is 6.48. The van der Waals surface area contributed by atoms with E-state index in [0.717, 1.165) is 31.8 Å². The lowest BCUT2D eigenvalue weighted by molar-refractivity contribution is 0.316. The highest BCUT2D eigenvalue weighted by Gasteiger charge is 2.05. The Morgan fingerprint density at radius 2 is 2.11 bits per heavy atom. The molecule has 0 saturated carbocycles. The van der Waals surface area contributed by atoms with Gasteiger partial charge in [-0.1, -0.05) is 6.07 Å².